The molecule has 0 unspecified atom stereocenters. The largest absolute Gasteiger partial charge is 0.455 e. The van der Waals surface area contributed by atoms with Gasteiger partial charge in [0.05, 0.1) is 33.1 Å². The Balaban J connectivity index is 1.42. The summed E-state index contributed by atoms with van der Waals surface area (Å²) in [5.74, 6) is 1.47. The van der Waals surface area contributed by atoms with Crippen molar-refractivity contribution in [2.75, 3.05) is 0 Å². The van der Waals surface area contributed by atoms with Crippen molar-refractivity contribution < 1.29 is 4.42 Å². The summed E-state index contributed by atoms with van der Waals surface area (Å²) in [5.41, 5.74) is 10.0. The zero-order chi connectivity index (χ0) is 33.5. The van der Waals surface area contributed by atoms with Gasteiger partial charge in [-0.3, -0.25) is 4.57 Å². The van der Waals surface area contributed by atoms with E-state index in [9.17, 15) is 0 Å². The summed E-state index contributed by atoms with van der Waals surface area (Å²) in [6.07, 6.45) is 0. The first kappa shape index (κ1) is 27.9. The number of nitrogens with zero attached hydrogens (tertiary/aromatic N) is 4. The molecule has 11 rings (SSSR count). The van der Waals surface area contributed by atoms with E-state index >= 15 is 0 Å². The first-order chi connectivity index (χ1) is 25.3. The number of para-hydroxylation sites is 4. The molecule has 0 N–H and O–H groups in total. The van der Waals surface area contributed by atoms with Crippen molar-refractivity contribution in [1.29, 1.82) is 0 Å². The molecule has 11 aromatic rings. The Labute approximate surface area is 292 Å². The number of aromatic nitrogens is 4. The van der Waals surface area contributed by atoms with Crippen LogP contribution in [0.1, 0.15) is 0 Å². The molecule has 0 radical (unpaired) electrons. The lowest BCUT2D eigenvalue weighted by Crippen LogP contribution is -2.04. The van der Waals surface area contributed by atoms with Gasteiger partial charge in [0.25, 0.3) is 0 Å². The van der Waals surface area contributed by atoms with Gasteiger partial charge in [0.1, 0.15) is 17.0 Å². The lowest BCUT2D eigenvalue weighted by Gasteiger charge is -2.14. The highest BCUT2D eigenvalue weighted by atomic mass is 16.3. The monoisotopic (exact) mass is 652 g/mol. The van der Waals surface area contributed by atoms with Crippen molar-refractivity contribution in [3.8, 4) is 34.2 Å². The molecule has 0 amide bonds. The van der Waals surface area contributed by atoms with Gasteiger partial charge in [0.15, 0.2) is 5.82 Å². The van der Waals surface area contributed by atoms with E-state index in [2.05, 4.69) is 149 Å². The molecule has 5 heteroatoms. The highest BCUT2D eigenvalue weighted by Crippen LogP contribution is 2.49. The van der Waals surface area contributed by atoms with E-state index in [1.54, 1.807) is 0 Å². The average Bonchev–Trinajstić information content (AvgIpc) is 3.87. The van der Waals surface area contributed by atoms with Gasteiger partial charge in [0.2, 0.25) is 0 Å². The Hall–Kier alpha value is -6.98. The van der Waals surface area contributed by atoms with Gasteiger partial charge in [-0.25, -0.2) is 9.97 Å². The van der Waals surface area contributed by atoms with Gasteiger partial charge in [-0.05, 0) is 30.3 Å². The van der Waals surface area contributed by atoms with Gasteiger partial charge in [-0.15, -0.1) is 0 Å². The minimum Gasteiger partial charge on any atom is -0.455 e. The molecule has 0 atom stereocenters. The number of hydrogen-bond donors (Lipinski definition) is 0. The molecule has 51 heavy (non-hydrogen) atoms. The molecular weight excluding hydrogens is 625 g/mol. The highest BCUT2D eigenvalue weighted by molar-refractivity contribution is 6.39. The first-order valence-electron chi connectivity index (χ1n) is 17.2. The molecule has 0 fully saturated rings. The van der Waals surface area contributed by atoms with Crippen molar-refractivity contribution in [2.24, 2.45) is 0 Å². The van der Waals surface area contributed by atoms with Gasteiger partial charge in [-0.1, -0.05) is 133 Å². The summed E-state index contributed by atoms with van der Waals surface area (Å²) in [6.45, 7) is 0. The Bertz CT molecular complexity index is 3060. The Morgan fingerprint density at radius 3 is 1.71 bits per heavy atom. The summed E-state index contributed by atoms with van der Waals surface area (Å²) in [4.78, 5) is 10.5. The number of furan rings is 1. The molecule has 238 valence electrons. The SMILES string of the molecule is c1ccc(-c2cc(-n3c4ccccc4c4c5c6ccccc6oc5c5c6ccccc6n(-c6ccccc6)c5c43)nc(-c3ccccc3)n2)cc1. The summed E-state index contributed by atoms with van der Waals surface area (Å²) < 4.78 is 11.7. The fourth-order valence-electron chi connectivity index (χ4n) is 7.99. The standard InChI is InChI=1S/C46H28N4O/c1-4-16-29(17-5-1)35-28-39(48-46(47-35)30-18-6-2-7-19-30)50-37-26-14-10-22-32(37)40-41-34-24-12-15-27-38(34)51-45(41)42-33-23-11-13-25-36(33)49(44(42)43(40)50)31-20-8-3-9-21-31/h1-28H. The fraction of sp³-hybridized carbons (Fsp3) is 0. The van der Waals surface area contributed by atoms with Crippen LogP contribution in [0.25, 0.3) is 99.7 Å². The number of fused-ring (bicyclic) bond motifs is 12. The zero-order valence-corrected chi connectivity index (χ0v) is 27.4. The smallest absolute Gasteiger partial charge is 0.162 e. The number of hydrogen-bond acceptors (Lipinski definition) is 3. The minimum atomic E-state index is 0.674. The van der Waals surface area contributed by atoms with Crippen molar-refractivity contribution in [3.05, 3.63) is 170 Å². The molecule has 0 spiro atoms. The molecule has 4 heterocycles. The van der Waals surface area contributed by atoms with Crippen LogP contribution in [-0.2, 0) is 0 Å². The van der Waals surface area contributed by atoms with Gasteiger partial charge >= 0.3 is 0 Å². The third-order valence-corrected chi connectivity index (χ3v) is 10.1. The number of benzene rings is 7. The third-order valence-electron chi connectivity index (χ3n) is 10.1. The Morgan fingerprint density at radius 1 is 0.431 bits per heavy atom. The van der Waals surface area contributed by atoms with Gasteiger partial charge < -0.3 is 8.98 Å². The summed E-state index contributed by atoms with van der Waals surface area (Å²) >= 11 is 0. The van der Waals surface area contributed by atoms with E-state index in [0.717, 1.165) is 93.9 Å². The van der Waals surface area contributed by atoms with Crippen molar-refractivity contribution in [2.45, 2.75) is 0 Å². The summed E-state index contributed by atoms with van der Waals surface area (Å²) in [6, 6.07) is 59.1. The second-order valence-corrected chi connectivity index (χ2v) is 13.0. The molecular formula is C46H28N4O. The quantitative estimate of drug-likeness (QED) is 0.190. The Morgan fingerprint density at radius 2 is 0.980 bits per heavy atom. The number of rotatable bonds is 4. The molecule has 0 aliphatic rings. The van der Waals surface area contributed by atoms with Crippen LogP contribution in [0.15, 0.2) is 174 Å². The molecule has 0 aliphatic heterocycles. The highest BCUT2D eigenvalue weighted by Gasteiger charge is 2.28. The van der Waals surface area contributed by atoms with E-state index in [1.807, 2.05) is 30.3 Å². The zero-order valence-electron chi connectivity index (χ0n) is 27.4. The van der Waals surface area contributed by atoms with Crippen LogP contribution >= 0.6 is 0 Å². The molecule has 0 saturated heterocycles. The van der Waals surface area contributed by atoms with Crippen LogP contribution in [-0.4, -0.2) is 19.1 Å². The van der Waals surface area contributed by atoms with Gasteiger partial charge in [0, 0.05) is 49.8 Å². The fourth-order valence-corrected chi connectivity index (χ4v) is 7.99. The molecule has 4 aromatic heterocycles. The van der Waals surface area contributed by atoms with E-state index in [4.69, 9.17) is 14.4 Å². The second-order valence-electron chi connectivity index (χ2n) is 13.0. The maximum absolute atomic E-state index is 6.90. The van der Waals surface area contributed by atoms with Crippen molar-refractivity contribution in [3.63, 3.8) is 0 Å². The third kappa shape index (κ3) is 4.03. The lowest BCUT2D eigenvalue weighted by molar-refractivity contribution is 0.673. The minimum absolute atomic E-state index is 0.674. The van der Waals surface area contributed by atoms with E-state index in [0.29, 0.717) is 5.82 Å². The predicted molar refractivity (Wildman–Crippen MR) is 209 cm³/mol. The van der Waals surface area contributed by atoms with Crippen LogP contribution < -0.4 is 0 Å². The Kier molecular flexibility index (Phi) is 5.89. The van der Waals surface area contributed by atoms with E-state index < -0.39 is 0 Å². The van der Waals surface area contributed by atoms with Crippen LogP contribution in [0, 0.1) is 0 Å². The molecule has 5 nitrogen and oxygen atoms in total. The van der Waals surface area contributed by atoms with Crippen LogP contribution in [0.5, 0.6) is 0 Å². The molecule has 0 aliphatic carbocycles. The van der Waals surface area contributed by atoms with E-state index in [-0.39, 0.29) is 0 Å². The van der Waals surface area contributed by atoms with Crippen molar-refractivity contribution in [1.82, 2.24) is 19.1 Å². The average molecular weight is 653 g/mol. The van der Waals surface area contributed by atoms with E-state index in [1.165, 1.54) is 0 Å². The molecule has 0 bridgehead atoms. The van der Waals surface area contributed by atoms with Gasteiger partial charge in [-0.2, -0.15) is 0 Å². The predicted octanol–water partition coefficient (Wildman–Crippen LogP) is 11.9. The second kappa shape index (κ2) is 10.8. The first-order valence-corrected chi connectivity index (χ1v) is 17.2. The maximum Gasteiger partial charge on any atom is 0.162 e. The van der Waals surface area contributed by atoms with Crippen LogP contribution in [0.3, 0.4) is 0 Å². The molecule has 0 saturated carbocycles. The maximum atomic E-state index is 6.90. The van der Waals surface area contributed by atoms with Crippen LogP contribution in [0.4, 0.5) is 0 Å². The summed E-state index contributed by atoms with van der Waals surface area (Å²) in [5, 5.41) is 6.70. The topological polar surface area (TPSA) is 48.8 Å². The normalized spacial score (nSPS) is 11.9. The molecule has 7 aromatic carbocycles. The van der Waals surface area contributed by atoms with Crippen molar-refractivity contribution >= 4 is 65.6 Å². The lowest BCUT2D eigenvalue weighted by atomic mass is 10.0. The van der Waals surface area contributed by atoms with Crippen LogP contribution in [0.2, 0.25) is 0 Å². The summed E-state index contributed by atoms with van der Waals surface area (Å²) in [7, 11) is 0.